The van der Waals surface area contributed by atoms with Crippen LogP contribution in [0.15, 0.2) is 33.1 Å². The van der Waals surface area contributed by atoms with E-state index in [1.165, 1.54) is 0 Å². The predicted molar refractivity (Wildman–Crippen MR) is 59.2 cm³/mol. The van der Waals surface area contributed by atoms with E-state index in [-0.39, 0.29) is 5.69 Å². The number of halogens is 3. The lowest BCUT2D eigenvalue weighted by atomic mass is 9.95. The number of hydrogen-bond donors (Lipinski definition) is 0. The molecule has 3 rings (SSSR count). The fourth-order valence-electron chi connectivity index (χ4n) is 2.48. The van der Waals surface area contributed by atoms with Gasteiger partial charge in [0, 0.05) is 0 Å². The van der Waals surface area contributed by atoms with Crippen LogP contribution in [0.3, 0.4) is 0 Å². The van der Waals surface area contributed by atoms with Crippen LogP contribution >= 0.6 is 0 Å². The van der Waals surface area contributed by atoms with Gasteiger partial charge >= 0.3 is 11.9 Å². The first kappa shape index (κ1) is 13.6. The van der Waals surface area contributed by atoms with E-state index in [2.05, 4.69) is 25.8 Å². The van der Waals surface area contributed by atoms with Crippen molar-refractivity contribution in [2.45, 2.75) is 36.6 Å². The maximum absolute atomic E-state index is 12.8. The number of nitro groups is 1. The highest BCUT2D eigenvalue weighted by molar-refractivity contribution is 5.26. The Morgan fingerprint density at radius 3 is 2.38 bits per heavy atom. The van der Waals surface area contributed by atoms with Crippen LogP contribution in [-0.2, 0) is 5.54 Å². The molecule has 1 aromatic rings. The minimum atomic E-state index is -4.53. The maximum atomic E-state index is 12.8. The van der Waals surface area contributed by atoms with Crippen LogP contribution in [0.1, 0.15) is 19.3 Å². The molecule has 0 bridgehead atoms. The number of hydrogen-bond acceptors (Lipinski definition) is 7. The van der Waals surface area contributed by atoms with Crippen LogP contribution in [0, 0.1) is 10.1 Å². The fraction of sp³-hybridized carbons (Fsp3) is 0.667. The largest absolute Gasteiger partial charge is 0.393 e. The summed E-state index contributed by atoms with van der Waals surface area (Å²) in [7, 11) is 0. The molecule has 0 unspecified atom stereocenters. The lowest BCUT2D eigenvalue weighted by Gasteiger charge is -2.30. The standard InChI is InChI=1S/C9H8F3N7O2/c10-9(11,12)5-8(14-16-17-15-8)7(1-2-7)18-4-6(3-13-18)19(20)21/h3-4H,1-2,5H2. The van der Waals surface area contributed by atoms with E-state index < -0.39 is 28.7 Å². The third kappa shape index (κ3) is 2.06. The van der Waals surface area contributed by atoms with Crippen LogP contribution in [0.2, 0.25) is 0 Å². The summed E-state index contributed by atoms with van der Waals surface area (Å²) in [5.74, 6) is 0. The fourth-order valence-corrected chi connectivity index (χ4v) is 2.48. The van der Waals surface area contributed by atoms with E-state index in [1.54, 1.807) is 0 Å². The van der Waals surface area contributed by atoms with E-state index in [0.29, 0.717) is 12.8 Å². The Hall–Kier alpha value is -2.40. The first-order valence-electron chi connectivity index (χ1n) is 5.88. The van der Waals surface area contributed by atoms with E-state index in [9.17, 15) is 23.3 Å². The molecule has 1 aliphatic heterocycles. The zero-order valence-corrected chi connectivity index (χ0v) is 10.4. The van der Waals surface area contributed by atoms with Gasteiger partial charge in [-0.25, -0.2) is 0 Å². The van der Waals surface area contributed by atoms with Crippen molar-refractivity contribution in [3.63, 3.8) is 0 Å². The monoisotopic (exact) mass is 303 g/mol. The summed E-state index contributed by atoms with van der Waals surface area (Å²) in [6.07, 6.45) is -3.21. The quantitative estimate of drug-likeness (QED) is 0.629. The van der Waals surface area contributed by atoms with Gasteiger partial charge in [-0.15, -0.1) is 10.2 Å². The van der Waals surface area contributed by atoms with Gasteiger partial charge in [-0.05, 0) is 23.3 Å². The summed E-state index contributed by atoms with van der Waals surface area (Å²) in [4.78, 5) is 10.0. The van der Waals surface area contributed by atoms with Crippen molar-refractivity contribution >= 4 is 5.69 Å². The lowest BCUT2D eigenvalue weighted by Crippen LogP contribution is -2.45. The van der Waals surface area contributed by atoms with Gasteiger partial charge in [0.05, 0.1) is 11.3 Å². The molecule has 12 heteroatoms. The molecule has 0 radical (unpaired) electrons. The van der Waals surface area contributed by atoms with Crippen LogP contribution < -0.4 is 0 Å². The van der Waals surface area contributed by atoms with Gasteiger partial charge in [-0.3, -0.25) is 14.8 Å². The van der Waals surface area contributed by atoms with Crippen molar-refractivity contribution in [3.8, 4) is 0 Å². The highest BCUT2D eigenvalue weighted by Crippen LogP contribution is 2.58. The van der Waals surface area contributed by atoms with Gasteiger partial charge in [-0.1, -0.05) is 0 Å². The third-order valence-electron chi connectivity index (χ3n) is 3.59. The average molecular weight is 303 g/mol. The molecule has 0 aromatic carbocycles. The molecule has 0 saturated heterocycles. The summed E-state index contributed by atoms with van der Waals surface area (Å²) in [6, 6.07) is 0. The van der Waals surface area contributed by atoms with Crippen molar-refractivity contribution in [1.29, 1.82) is 0 Å². The Morgan fingerprint density at radius 2 is 1.95 bits per heavy atom. The van der Waals surface area contributed by atoms with Crippen molar-refractivity contribution < 1.29 is 18.1 Å². The summed E-state index contributed by atoms with van der Waals surface area (Å²) in [5.41, 5.74) is -3.46. The van der Waals surface area contributed by atoms with Gasteiger partial charge in [0.2, 0.25) is 5.66 Å². The first-order chi connectivity index (χ1) is 9.78. The molecular formula is C9H8F3N7O2. The number of rotatable bonds is 4. The van der Waals surface area contributed by atoms with E-state index in [0.717, 1.165) is 17.1 Å². The van der Waals surface area contributed by atoms with Gasteiger partial charge in [0.15, 0.2) is 0 Å². The van der Waals surface area contributed by atoms with Gasteiger partial charge in [-0.2, -0.15) is 18.3 Å². The smallest absolute Gasteiger partial charge is 0.258 e. The molecule has 0 amide bonds. The summed E-state index contributed by atoms with van der Waals surface area (Å²) in [5, 5.41) is 28.0. The second-order valence-corrected chi connectivity index (χ2v) is 4.92. The Kier molecular flexibility index (Phi) is 2.62. The average Bonchev–Trinajstić information content (AvgIpc) is 2.85. The minimum absolute atomic E-state index is 0.306. The second kappa shape index (κ2) is 4.05. The first-order valence-corrected chi connectivity index (χ1v) is 5.88. The number of nitrogens with zero attached hydrogens (tertiary/aromatic N) is 7. The Morgan fingerprint density at radius 1 is 1.33 bits per heavy atom. The van der Waals surface area contributed by atoms with Crippen LogP contribution in [0.25, 0.3) is 0 Å². The number of aromatic nitrogens is 2. The van der Waals surface area contributed by atoms with E-state index in [1.807, 2.05) is 0 Å². The van der Waals surface area contributed by atoms with E-state index >= 15 is 0 Å². The molecule has 1 fully saturated rings. The molecule has 1 saturated carbocycles. The van der Waals surface area contributed by atoms with Crippen molar-refractivity contribution in [1.82, 2.24) is 9.78 Å². The SMILES string of the molecule is O=[N+]([O-])c1cnn(C2(C3(CC(F)(F)F)N=NN=N3)CC2)c1. The Labute approximate surface area is 114 Å². The topological polar surface area (TPSA) is 110 Å². The molecule has 1 aliphatic carbocycles. The molecule has 21 heavy (non-hydrogen) atoms. The van der Waals surface area contributed by atoms with Crippen LogP contribution in [0.4, 0.5) is 18.9 Å². The van der Waals surface area contributed by atoms with E-state index in [4.69, 9.17) is 0 Å². The lowest BCUT2D eigenvalue weighted by molar-refractivity contribution is -0.385. The highest BCUT2D eigenvalue weighted by atomic mass is 19.4. The van der Waals surface area contributed by atoms with Crippen molar-refractivity contribution in [2.24, 2.45) is 20.7 Å². The molecule has 0 spiro atoms. The van der Waals surface area contributed by atoms with Crippen LogP contribution in [0.5, 0.6) is 0 Å². The zero-order chi connectivity index (χ0) is 15.3. The number of alkyl halides is 3. The van der Waals surface area contributed by atoms with Gasteiger partial charge in [0.1, 0.15) is 17.9 Å². The van der Waals surface area contributed by atoms with Gasteiger partial charge in [0.25, 0.3) is 0 Å². The Balaban J connectivity index is 2.01. The highest BCUT2D eigenvalue weighted by Gasteiger charge is 2.67. The van der Waals surface area contributed by atoms with Crippen LogP contribution in [-0.4, -0.2) is 26.5 Å². The van der Waals surface area contributed by atoms with Crippen molar-refractivity contribution in [3.05, 3.63) is 22.5 Å². The molecule has 9 nitrogen and oxygen atoms in total. The summed E-state index contributed by atoms with van der Waals surface area (Å²) >= 11 is 0. The van der Waals surface area contributed by atoms with Gasteiger partial charge < -0.3 is 0 Å². The molecule has 112 valence electrons. The molecule has 2 aliphatic rings. The van der Waals surface area contributed by atoms with Crippen molar-refractivity contribution in [2.75, 3.05) is 0 Å². The minimum Gasteiger partial charge on any atom is -0.258 e. The normalized spacial score (nSPS) is 21.7. The molecule has 0 N–H and O–H groups in total. The predicted octanol–water partition coefficient (Wildman–Crippen LogP) is 2.76. The maximum Gasteiger partial charge on any atom is 0.393 e. The second-order valence-electron chi connectivity index (χ2n) is 4.92. The molecular weight excluding hydrogens is 295 g/mol. The Bertz CT molecular complexity index is 634. The summed E-state index contributed by atoms with van der Waals surface area (Å²) < 4.78 is 39.6. The zero-order valence-electron chi connectivity index (χ0n) is 10.4. The summed E-state index contributed by atoms with van der Waals surface area (Å²) in [6.45, 7) is 0. The molecule has 1 aromatic heterocycles. The molecule has 2 heterocycles. The third-order valence-corrected chi connectivity index (χ3v) is 3.59. The molecule has 0 atom stereocenters.